The van der Waals surface area contributed by atoms with Gasteiger partial charge in [-0.25, -0.2) is 0 Å². The van der Waals surface area contributed by atoms with Crippen molar-refractivity contribution >= 4 is 45.2 Å². The van der Waals surface area contributed by atoms with E-state index in [1.807, 2.05) is 12.1 Å². The Balaban J connectivity index is 1.60. The van der Waals surface area contributed by atoms with Crippen LogP contribution < -0.4 is 20.7 Å². The molecule has 2 unspecified atom stereocenters. The molecule has 0 saturated carbocycles. The number of benzene rings is 2. The number of hydrogen-bond donors (Lipinski definition) is 2. The monoisotopic (exact) mass is 591 g/mol. The third-order valence-electron chi connectivity index (χ3n) is 7.57. The van der Waals surface area contributed by atoms with E-state index in [-0.39, 0.29) is 18.2 Å². The van der Waals surface area contributed by atoms with Crippen LogP contribution in [-0.2, 0) is 11.0 Å². The normalized spacial score (nSPS) is 20.2. The van der Waals surface area contributed by atoms with E-state index in [9.17, 15) is 17.7 Å². The van der Waals surface area contributed by atoms with E-state index in [1.54, 1.807) is 37.6 Å². The molecule has 0 bridgehead atoms. The minimum Gasteiger partial charge on any atom is -0.495 e. The molecule has 1 aliphatic rings. The molecule has 2 N–H and O–H groups in total. The Labute approximate surface area is 238 Å². The van der Waals surface area contributed by atoms with Crippen LogP contribution >= 0.6 is 18.5 Å². The molecule has 2 aromatic carbocycles. The highest BCUT2D eigenvalue weighted by Crippen LogP contribution is 2.40. The molecule has 4 rings (SSSR count). The first-order chi connectivity index (χ1) is 18.8. The first-order valence-corrected chi connectivity index (χ1v) is 16.7. The Morgan fingerprint density at radius 2 is 1.82 bits per heavy atom. The first kappa shape index (κ1) is 30.3. The number of alkyl halides is 3. The number of rotatable bonds is 7. The number of methoxy groups -OCH3 is 1. The summed E-state index contributed by atoms with van der Waals surface area (Å²) in [6.45, 7) is 8.01. The summed E-state index contributed by atoms with van der Waals surface area (Å²) in [5.74, 6) is 6.54. The van der Waals surface area contributed by atoms with Gasteiger partial charge in [0.1, 0.15) is 12.9 Å². The van der Waals surface area contributed by atoms with E-state index >= 15 is 0 Å². The van der Waals surface area contributed by atoms with Gasteiger partial charge in [-0.15, -0.1) is 11.3 Å². The molecule has 5 nitrogen and oxygen atoms in total. The van der Waals surface area contributed by atoms with Crippen LogP contribution in [0.4, 0.5) is 24.5 Å². The zero-order valence-corrected chi connectivity index (χ0v) is 25.5. The van der Waals surface area contributed by atoms with Crippen molar-refractivity contribution in [3.63, 3.8) is 0 Å². The molecule has 1 aliphatic heterocycles. The van der Waals surface area contributed by atoms with Crippen LogP contribution in [0.5, 0.6) is 5.75 Å². The molecular formula is C30H37F3N3O2PS. The van der Waals surface area contributed by atoms with Crippen molar-refractivity contribution in [2.75, 3.05) is 44.7 Å². The minimum absolute atomic E-state index is 0.210. The average molecular weight is 592 g/mol. The van der Waals surface area contributed by atoms with E-state index in [1.165, 1.54) is 18.4 Å². The number of likely N-dealkylation sites (tertiary alicyclic amines) is 1. The fourth-order valence-corrected chi connectivity index (χ4v) is 7.24. The van der Waals surface area contributed by atoms with Crippen LogP contribution in [0.3, 0.4) is 0 Å². The van der Waals surface area contributed by atoms with Gasteiger partial charge in [-0.2, -0.15) is 13.2 Å². The summed E-state index contributed by atoms with van der Waals surface area (Å²) in [6, 6.07) is 11.9. The van der Waals surface area contributed by atoms with Gasteiger partial charge in [-0.3, -0.25) is 0 Å². The highest BCUT2D eigenvalue weighted by atomic mass is 32.1. The number of halogens is 3. The summed E-state index contributed by atoms with van der Waals surface area (Å²) in [7, 11) is 1.22. The number of hydrogen-bond acceptors (Lipinski definition) is 6. The van der Waals surface area contributed by atoms with Gasteiger partial charge in [-0.1, -0.05) is 24.0 Å². The lowest BCUT2D eigenvalue weighted by Gasteiger charge is -2.40. The van der Waals surface area contributed by atoms with E-state index in [0.29, 0.717) is 39.1 Å². The molecule has 1 fully saturated rings. The summed E-state index contributed by atoms with van der Waals surface area (Å²) in [5, 5.41) is 8.10. The van der Waals surface area contributed by atoms with E-state index in [4.69, 9.17) is 4.74 Å². The Hall–Kier alpha value is -2.66. The van der Waals surface area contributed by atoms with Gasteiger partial charge in [0.25, 0.3) is 0 Å². The second-order valence-corrected chi connectivity index (χ2v) is 15.2. The van der Waals surface area contributed by atoms with Gasteiger partial charge >= 0.3 is 6.18 Å². The van der Waals surface area contributed by atoms with Gasteiger partial charge in [0.15, 0.2) is 0 Å². The van der Waals surface area contributed by atoms with Gasteiger partial charge in [-0.05, 0) is 82.3 Å². The Morgan fingerprint density at radius 1 is 1.12 bits per heavy atom. The average Bonchev–Trinajstić information content (AvgIpc) is 3.21. The number of ether oxygens (including phenoxy) is 1. The van der Waals surface area contributed by atoms with Gasteiger partial charge in [0.2, 0.25) is 0 Å². The summed E-state index contributed by atoms with van der Waals surface area (Å²) < 4.78 is 59.5. The molecule has 1 saturated heterocycles. The van der Waals surface area contributed by atoms with Crippen molar-refractivity contribution in [3.8, 4) is 17.6 Å². The van der Waals surface area contributed by atoms with Crippen molar-refractivity contribution in [1.82, 2.24) is 4.90 Å². The van der Waals surface area contributed by atoms with E-state index in [2.05, 4.69) is 48.3 Å². The van der Waals surface area contributed by atoms with Crippen molar-refractivity contribution < 1.29 is 22.5 Å². The van der Waals surface area contributed by atoms with Gasteiger partial charge in [0.05, 0.1) is 41.0 Å². The third-order valence-corrected chi connectivity index (χ3v) is 10.3. The predicted octanol–water partition coefficient (Wildman–Crippen LogP) is 7.01. The maximum Gasteiger partial charge on any atom is 0.393 e. The molecule has 0 amide bonds. The fraction of sp³-hybridized carbons (Fsp3) is 0.467. The maximum atomic E-state index is 13.6. The summed E-state index contributed by atoms with van der Waals surface area (Å²) in [5.41, 5.74) is 1.76. The molecule has 1 aromatic heterocycles. The van der Waals surface area contributed by atoms with Gasteiger partial charge in [0, 0.05) is 23.4 Å². The highest BCUT2D eigenvalue weighted by molar-refractivity contribution is 7.70. The lowest BCUT2D eigenvalue weighted by atomic mass is 9.93. The second kappa shape index (κ2) is 12.1. The number of nitrogens with one attached hydrogen (secondary N) is 2. The summed E-state index contributed by atoms with van der Waals surface area (Å²) in [4.78, 5) is 2.79. The zero-order chi connectivity index (χ0) is 29.2. The second-order valence-electron chi connectivity index (χ2n) is 11.0. The summed E-state index contributed by atoms with van der Waals surface area (Å²) >= 11 is 1.31. The number of anilines is 2. The number of fused-ring (bicyclic) bond motifs is 1. The quantitative estimate of drug-likeness (QED) is 0.229. The largest absolute Gasteiger partial charge is 0.495 e. The fourth-order valence-electron chi connectivity index (χ4n) is 5.21. The van der Waals surface area contributed by atoms with Crippen molar-refractivity contribution in [2.45, 2.75) is 57.4 Å². The lowest BCUT2D eigenvalue weighted by Crippen LogP contribution is -2.47. The van der Waals surface area contributed by atoms with Crippen LogP contribution in [0.15, 0.2) is 36.4 Å². The number of piperidine rings is 1. The summed E-state index contributed by atoms with van der Waals surface area (Å²) in [6.07, 6.45) is -3.44. The molecule has 40 heavy (non-hydrogen) atoms. The predicted molar refractivity (Wildman–Crippen MR) is 162 cm³/mol. The zero-order valence-electron chi connectivity index (χ0n) is 23.8. The standard InChI is InChI=1S/C30H37F3N3O2PS/c1-19-15-21(16-20(2)36(19)3)35-26-10-7-9-23-24(18-30(31,32)33)28(40-29(23)26)11-8-14-34-25-13-12-22(39(5,6)37)17-27(25)38-4/h7,9-10,12-13,17,19-21,34-35H,14-16,18H2,1-6H3. The van der Waals surface area contributed by atoms with Crippen molar-refractivity contribution in [3.05, 3.63) is 46.8 Å². The number of thiophene rings is 1. The lowest BCUT2D eigenvalue weighted by molar-refractivity contribution is -0.126. The molecular weight excluding hydrogens is 554 g/mol. The molecule has 0 spiro atoms. The first-order valence-electron chi connectivity index (χ1n) is 13.3. The maximum absolute atomic E-state index is 13.6. The molecule has 2 atom stereocenters. The number of nitrogens with zero attached hydrogens (tertiary/aromatic N) is 1. The SMILES string of the molecule is COc1cc(P(C)(C)=O)ccc1NCC#Cc1sc2c(NC3CC(C)N(C)C(C)C3)cccc2c1CC(F)(F)F. The minimum atomic E-state index is -4.35. The van der Waals surface area contributed by atoms with Crippen molar-refractivity contribution in [1.29, 1.82) is 0 Å². The van der Waals surface area contributed by atoms with Crippen LogP contribution in [0, 0.1) is 11.8 Å². The topological polar surface area (TPSA) is 53.6 Å². The van der Waals surface area contributed by atoms with Crippen molar-refractivity contribution in [2.24, 2.45) is 0 Å². The highest BCUT2D eigenvalue weighted by Gasteiger charge is 2.32. The molecule has 0 aliphatic carbocycles. The van der Waals surface area contributed by atoms with E-state index in [0.717, 1.165) is 23.2 Å². The Kier molecular flexibility index (Phi) is 9.14. The third kappa shape index (κ3) is 7.15. The van der Waals surface area contributed by atoms with Crippen LogP contribution in [0.2, 0.25) is 0 Å². The van der Waals surface area contributed by atoms with Crippen LogP contribution in [-0.4, -0.2) is 63.2 Å². The molecule has 216 valence electrons. The molecule has 10 heteroatoms. The van der Waals surface area contributed by atoms with Crippen LogP contribution in [0.25, 0.3) is 10.1 Å². The Bertz CT molecular complexity index is 1460. The Morgan fingerprint density at radius 3 is 2.45 bits per heavy atom. The molecule has 2 heterocycles. The molecule has 3 aromatic rings. The van der Waals surface area contributed by atoms with E-state index < -0.39 is 19.7 Å². The van der Waals surface area contributed by atoms with Crippen LogP contribution in [0.1, 0.15) is 37.1 Å². The molecule has 0 radical (unpaired) electrons. The van der Waals surface area contributed by atoms with Gasteiger partial charge < -0.3 is 24.8 Å². The smallest absolute Gasteiger partial charge is 0.393 e.